The number of likely N-dealkylation sites (N-methyl/N-ethyl adjacent to an activating group) is 3. The van der Waals surface area contributed by atoms with Gasteiger partial charge in [0, 0.05) is 52.2 Å². The average Bonchev–Trinajstić information content (AvgIpc) is 2.98. The number of rotatable bonds is 26. The molecule has 0 saturated heterocycles. The van der Waals surface area contributed by atoms with Crippen LogP contribution in [0.5, 0.6) is 0 Å². The number of hydrogen-bond donors (Lipinski definition) is 6. The predicted molar refractivity (Wildman–Crippen MR) is 167 cm³/mol. The quantitative estimate of drug-likeness (QED) is 0.0485. The van der Waals surface area contributed by atoms with Gasteiger partial charge in [-0.1, -0.05) is 6.92 Å². The monoisotopic (exact) mass is 657 g/mol. The molecule has 1 unspecified atom stereocenters. The third-order valence-electron chi connectivity index (χ3n) is 6.53. The summed E-state index contributed by atoms with van der Waals surface area (Å²) in [5.41, 5.74) is 5.31. The molecule has 0 aromatic rings. The summed E-state index contributed by atoms with van der Waals surface area (Å²) in [4.78, 5) is 101. The zero-order chi connectivity index (χ0) is 35.1. The molecule has 18 heteroatoms. The second-order valence-electron chi connectivity index (χ2n) is 10.9. The van der Waals surface area contributed by atoms with Crippen LogP contribution in [0.3, 0.4) is 0 Å². The van der Waals surface area contributed by atoms with Gasteiger partial charge in [-0.15, -0.1) is 0 Å². The van der Waals surface area contributed by atoms with Crippen LogP contribution in [0.4, 0.5) is 0 Å². The highest BCUT2D eigenvalue weighted by Crippen LogP contribution is 2.03. The van der Waals surface area contributed by atoms with Crippen molar-refractivity contribution in [2.24, 2.45) is 5.73 Å². The molecule has 0 spiro atoms. The van der Waals surface area contributed by atoms with E-state index in [2.05, 4.69) is 26.2 Å². The molecule has 262 valence electrons. The molecule has 1 atom stereocenters. The molecule has 0 aromatic carbocycles. The van der Waals surface area contributed by atoms with E-state index in [0.29, 0.717) is 52.0 Å². The van der Waals surface area contributed by atoms with Gasteiger partial charge in [-0.25, -0.2) is 0 Å². The molecule has 46 heavy (non-hydrogen) atoms. The largest absolute Gasteiger partial charge is 0.481 e. The Balaban J connectivity index is 4.56. The molecule has 0 aliphatic rings. The second kappa shape index (κ2) is 24.1. The second-order valence-corrected chi connectivity index (χ2v) is 10.9. The van der Waals surface area contributed by atoms with Crippen LogP contribution in [0.1, 0.15) is 32.6 Å². The lowest BCUT2D eigenvalue weighted by Gasteiger charge is -2.27. The van der Waals surface area contributed by atoms with Gasteiger partial charge in [0.1, 0.15) is 12.3 Å². The highest BCUT2D eigenvalue weighted by atomic mass is 16.4. The van der Waals surface area contributed by atoms with Crippen molar-refractivity contribution >= 4 is 47.7 Å². The molecule has 0 aliphatic heterocycles. The van der Waals surface area contributed by atoms with Crippen molar-refractivity contribution in [2.75, 3.05) is 93.1 Å². The molecule has 0 rings (SSSR count). The van der Waals surface area contributed by atoms with Crippen molar-refractivity contribution in [3.05, 3.63) is 0 Å². The Kier molecular flexibility index (Phi) is 21.9. The van der Waals surface area contributed by atoms with E-state index in [1.54, 1.807) is 18.9 Å². The number of amides is 6. The number of hydrogen-bond acceptors (Lipinski definition) is 11. The zero-order valence-electron chi connectivity index (χ0n) is 27.3. The van der Waals surface area contributed by atoms with E-state index < -0.39 is 48.0 Å². The minimum Gasteiger partial charge on any atom is -0.481 e. The SMILES string of the molecule is CCCN(CC(=O)NCC=O)C(=O)C(CC(N)=O)NC(=O)CN(C)CCN(C)CCN(C)CCNC(=O)CNC(=O)CCC(=O)O. The summed E-state index contributed by atoms with van der Waals surface area (Å²) in [7, 11) is 5.56. The minimum absolute atomic E-state index is 0.0520. The van der Waals surface area contributed by atoms with Gasteiger partial charge in [0.2, 0.25) is 35.4 Å². The van der Waals surface area contributed by atoms with Gasteiger partial charge in [-0.2, -0.15) is 0 Å². The van der Waals surface area contributed by atoms with E-state index >= 15 is 0 Å². The predicted octanol–water partition coefficient (Wildman–Crippen LogP) is -4.21. The highest BCUT2D eigenvalue weighted by molar-refractivity contribution is 5.94. The first kappa shape index (κ1) is 41.8. The first-order valence-electron chi connectivity index (χ1n) is 15.1. The lowest BCUT2D eigenvalue weighted by atomic mass is 10.1. The van der Waals surface area contributed by atoms with E-state index in [1.807, 2.05) is 19.0 Å². The topological polar surface area (TPSA) is 244 Å². The van der Waals surface area contributed by atoms with Crippen molar-refractivity contribution in [3.63, 3.8) is 0 Å². The Hall–Kier alpha value is -4.16. The summed E-state index contributed by atoms with van der Waals surface area (Å²) in [6.07, 6.45) is 0.113. The maximum Gasteiger partial charge on any atom is 0.303 e. The average molecular weight is 658 g/mol. The molecule has 0 aliphatic carbocycles. The van der Waals surface area contributed by atoms with E-state index in [9.17, 15) is 38.4 Å². The van der Waals surface area contributed by atoms with E-state index in [4.69, 9.17) is 10.8 Å². The number of carboxylic acids is 1. The van der Waals surface area contributed by atoms with Crippen LogP contribution in [0.25, 0.3) is 0 Å². The van der Waals surface area contributed by atoms with E-state index in [-0.39, 0.29) is 51.5 Å². The van der Waals surface area contributed by atoms with Crippen LogP contribution in [0.2, 0.25) is 0 Å². The van der Waals surface area contributed by atoms with Crippen molar-refractivity contribution in [2.45, 2.75) is 38.6 Å². The number of nitrogens with zero attached hydrogens (tertiary/aromatic N) is 4. The van der Waals surface area contributed by atoms with Gasteiger partial charge in [-0.3, -0.25) is 38.5 Å². The molecule has 0 aromatic heterocycles. The molecule has 0 heterocycles. The van der Waals surface area contributed by atoms with Gasteiger partial charge in [-0.05, 0) is 27.6 Å². The minimum atomic E-state index is -1.24. The maximum atomic E-state index is 13.1. The summed E-state index contributed by atoms with van der Waals surface area (Å²) in [5.74, 6) is -4.41. The highest BCUT2D eigenvalue weighted by Gasteiger charge is 2.28. The molecule has 7 N–H and O–H groups in total. The summed E-state index contributed by atoms with van der Waals surface area (Å²) in [6, 6.07) is -1.24. The van der Waals surface area contributed by atoms with Crippen LogP contribution >= 0.6 is 0 Å². The number of primary amides is 1. The van der Waals surface area contributed by atoms with Gasteiger partial charge < -0.3 is 51.6 Å². The fraction of sp³-hybridized carbons (Fsp3) is 0.714. The molecule has 0 bridgehead atoms. The number of carboxylic acid groups (broad SMARTS) is 1. The molecule has 0 saturated carbocycles. The number of nitrogens with one attached hydrogen (secondary N) is 4. The first-order chi connectivity index (χ1) is 21.7. The first-order valence-corrected chi connectivity index (χ1v) is 15.1. The molecular weight excluding hydrogens is 606 g/mol. The standard InChI is InChI=1S/C28H51N9O9/c1-5-10-37(20-25(42)31-9-16-38)28(46)21(17-22(29)39)33-26(43)19-36(4)15-14-35(3)13-12-34(2)11-8-30-24(41)18-32-23(40)6-7-27(44)45/h16,21H,5-15,17-20H2,1-4H3,(H2,29,39)(H,30,41)(H,31,42)(H,32,40)(H,33,43)(H,44,45). The number of carbonyl (C=O) groups is 8. The Morgan fingerprint density at radius 2 is 1.35 bits per heavy atom. The summed E-state index contributed by atoms with van der Waals surface area (Å²) in [6.45, 7) is 4.67. The third-order valence-corrected chi connectivity index (χ3v) is 6.53. The number of aldehydes is 1. The van der Waals surface area contributed by atoms with Crippen molar-refractivity contribution in [1.29, 1.82) is 0 Å². The van der Waals surface area contributed by atoms with Crippen LogP contribution in [-0.4, -0.2) is 172 Å². The van der Waals surface area contributed by atoms with Gasteiger partial charge >= 0.3 is 5.97 Å². The van der Waals surface area contributed by atoms with Gasteiger partial charge in [0.15, 0.2) is 0 Å². The summed E-state index contributed by atoms with van der Waals surface area (Å²) >= 11 is 0. The smallest absolute Gasteiger partial charge is 0.303 e. The summed E-state index contributed by atoms with van der Waals surface area (Å²) < 4.78 is 0. The molecule has 0 fully saturated rings. The van der Waals surface area contributed by atoms with E-state index in [0.717, 1.165) is 0 Å². The number of carbonyl (C=O) groups excluding carboxylic acids is 7. The Morgan fingerprint density at radius 3 is 1.91 bits per heavy atom. The van der Waals surface area contributed by atoms with Crippen molar-refractivity contribution in [3.8, 4) is 0 Å². The van der Waals surface area contributed by atoms with Crippen molar-refractivity contribution in [1.82, 2.24) is 40.9 Å². The molecular formula is C28H51N9O9. The Morgan fingerprint density at radius 1 is 0.739 bits per heavy atom. The molecule has 18 nitrogen and oxygen atoms in total. The Bertz CT molecular complexity index is 1030. The lowest BCUT2D eigenvalue weighted by molar-refractivity contribution is -0.140. The Labute approximate surface area is 269 Å². The fourth-order valence-corrected chi connectivity index (χ4v) is 3.95. The lowest BCUT2D eigenvalue weighted by Crippen LogP contribution is -2.54. The number of aliphatic carboxylic acids is 1. The number of nitrogens with two attached hydrogens (primary N) is 1. The summed E-state index contributed by atoms with van der Waals surface area (Å²) in [5, 5.41) is 18.6. The maximum absolute atomic E-state index is 13.1. The fourth-order valence-electron chi connectivity index (χ4n) is 3.95. The van der Waals surface area contributed by atoms with Crippen LogP contribution < -0.4 is 27.0 Å². The van der Waals surface area contributed by atoms with Crippen LogP contribution in [0.15, 0.2) is 0 Å². The van der Waals surface area contributed by atoms with Crippen molar-refractivity contribution < 1.29 is 43.5 Å². The third kappa shape index (κ3) is 21.5. The zero-order valence-corrected chi connectivity index (χ0v) is 27.3. The molecule has 0 radical (unpaired) electrons. The van der Waals surface area contributed by atoms with E-state index in [1.165, 1.54) is 4.90 Å². The van der Waals surface area contributed by atoms with Crippen LogP contribution in [0, 0.1) is 0 Å². The normalized spacial score (nSPS) is 11.5. The molecule has 6 amide bonds. The van der Waals surface area contributed by atoms with Crippen LogP contribution in [-0.2, 0) is 38.4 Å². The van der Waals surface area contributed by atoms with Gasteiger partial charge in [0.25, 0.3) is 0 Å². The van der Waals surface area contributed by atoms with Gasteiger partial charge in [0.05, 0.1) is 39.0 Å².